The third kappa shape index (κ3) is 2.08. The molecule has 0 aliphatic rings. The van der Waals surface area contributed by atoms with Gasteiger partial charge in [-0.15, -0.1) is 0 Å². The van der Waals surface area contributed by atoms with Gasteiger partial charge in [0, 0.05) is 13.1 Å². The van der Waals surface area contributed by atoms with Gasteiger partial charge in [-0.25, -0.2) is 9.97 Å². The van der Waals surface area contributed by atoms with Crippen molar-refractivity contribution in [1.29, 1.82) is 0 Å². The van der Waals surface area contributed by atoms with Crippen LogP contribution in [0.3, 0.4) is 0 Å². The van der Waals surface area contributed by atoms with Gasteiger partial charge in [0.05, 0.1) is 12.3 Å². The molecule has 0 fully saturated rings. The van der Waals surface area contributed by atoms with E-state index < -0.39 is 0 Å². The lowest BCUT2D eigenvalue weighted by atomic mass is 10.3. The number of nitrogens with one attached hydrogen (secondary N) is 1. The number of aryl methyl sites for hydroxylation is 3. The summed E-state index contributed by atoms with van der Waals surface area (Å²) in [5, 5.41) is 16.6. The van der Waals surface area contributed by atoms with E-state index in [0.29, 0.717) is 5.82 Å². The summed E-state index contributed by atoms with van der Waals surface area (Å²) < 4.78 is 1.76. The molecular weight excluding hydrogens is 218 g/mol. The molecule has 2 heterocycles. The van der Waals surface area contributed by atoms with Gasteiger partial charge in [-0.2, -0.15) is 5.10 Å². The fourth-order valence-electron chi connectivity index (χ4n) is 1.83. The Kier molecular flexibility index (Phi) is 2.97. The first-order chi connectivity index (χ1) is 8.02. The first kappa shape index (κ1) is 11.8. The van der Waals surface area contributed by atoms with Gasteiger partial charge >= 0.3 is 0 Å². The Morgan fingerprint density at radius 3 is 2.71 bits per heavy atom. The maximum atomic E-state index is 9.08. The lowest BCUT2D eigenvalue weighted by Crippen LogP contribution is -2.21. The first-order valence-electron chi connectivity index (χ1n) is 5.58. The van der Waals surface area contributed by atoms with Crippen LogP contribution in [0.4, 0.5) is 5.82 Å². The summed E-state index contributed by atoms with van der Waals surface area (Å²) in [6.45, 7) is 5.72. The van der Waals surface area contributed by atoms with Crippen molar-refractivity contribution in [1.82, 2.24) is 19.7 Å². The van der Waals surface area contributed by atoms with Gasteiger partial charge in [0.25, 0.3) is 0 Å². The Morgan fingerprint density at radius 1 is 1.35 bits per heavy atom. The average molecular weight is 235 g/mol. The largest absolute Gasteiger partial charge is 0.394 e. The van der Waals surface area contributed by atoms with E-state index in [1.54, 1.807) is 4.68 Å². The lowest BCUT2D eigenvalue weighted by molar-refractivity contribution is 0.281. The van der Waals surface area contributed by atoms with E-state index in [2.05, 4.69) is 20.4 Å². The molecule has 2 N–H and O–H groups in total. The zero-order valence-electron chi connectivity index (χ0n) is 10.5. The Balaban J connectivity index is 2.60. The van der Waals surface area contributed by atoms with Gasteiger partial charge < -0.3 is 10.4 Å². The standard InChI is InChI=1S/C11H17N5O/c1-6(5-17)12-11-10-9(13-8(3)14-11)7(2)15-16(10)4/h6,17H,5H2,1-4H3,(H,12,13,14)/t6-/m0/s1. The highest BCUT2D eigenvalue weighted by molar-refractivity contribution is 5.87. The number of aromatic nitrogens is 4. The van der Waals surface area contributed by atoms with Crippen LogP contribution in [0.2, 0.25) is 0 Å². The minimum absolute atomic E-state index is 0.0530. The van der Waals surface area contributed by atoms with E-state index in [1.807, 2.05) is 27.8 Å². The van der Waals surface area contributed by atoms with Crippen molar-refractivity contribution in [3.8, 4) is 0 Å². The number of aliphatic hydroxyl groups excluding tert-OH is 1. The Morgan fingerprint density at radius 2 is 2.06 bits per heavy atom. The van der Waals surface area contributed by atoms with Gasteiger partial charge in [-0.3, -0.25) is 4.68 Å². The molecule has 0 saturated heterocycles. The predicted molar refractivity (Wildman–Crippen MR) is 65.9 cm³/mol. The predicted octanol–water partition coefficient (Wildman–Crippen LogP) is 0.773. The number of anilines is 1. The van der Waals surface area contributed by atoms with E-state index in [0.717, 1.165) is 22.5 Å². The molecule has 2 rings (SSSR count). The maximum absolute atomic E-state index is 9.08. The number of fused-ring (bicyclic) bond motifs is 1. The van der Waals surface area contributed by atoms with Crippen LogP contribution >= 0.6 is 0 Å². The van der Waals surface area contributed by atoms with Gasteiger partial charge in [0.15, 0.2) is 5.82 Å². The molecule has 92 valence electrons. The van der Waals surface area contributed by atoms with Crippen molar-refractivity contribution in [3.05, 3.63) is 11.5 Å². The fraction of sp³-hybridized carbons (Fsp3) is 0.545. The van der Waals surface area contributed by atoms with Gasteiger partial charge in [0.2, 0.25) is 0 Å². The van der Waals surface area contributed by atoms with Crippen molar-refractivity contribution in [3.63, 3.8) is 0 Å². The van der Waals surface area contributed by atoms with Crippen LogP contribution in [-0.2, 0) is 7.05 Å². The fourth-order valence-corrected chi connectivity index (χ4v) is 1.83. The third-order valence-corrected chi connectivity index (χ3v) is 2.62. The highest BCUT2D eigenvalue weighted by Crippen LogP contribution is 2.22. The van der Waals surface area contributed by atoms with Crippen LogP contribution in [-0.4, -0.2) is 37.5 Å². The Hall–Kier alpha value is -1.69. The second-order valence-corrected chi connectivity index (χ2v) is 4.25. The van der Waals surface area contributed by atoms with E-state index in [1.165, 1.54) is 0 Å². The molecule has 17 heavy (non-hydrogen) atoms. The number of nitrogens with zero attached hydrogens (tertiary/aromatic N) is 4. The smallest absolute Gasteiger partial charge is 0.156 e. The van der Waals surface area contributed by atoms with E-state index >= 15 is 0 Å². The molecule has 1 atom stereocenters. The highest BCUT2D eigenvalue weighted by atomic mass is 16.3. The molecule has 0 amide bonds. The summed E-state index contributed by atoms with van der Waals surface area (Å²) in [6.07, 6.45) is 0. The molecule has 2 aromatic rings. The molecule has 0 spiro atoms. The average Bonchev–Trinajstić information content (AvgIpc) is 2.54. The molecule has 0 bridgehead atoms. The summed E-state index contributed by atoms with van der Waals surface area (Å²) in [6, 6.07) is -0.0530. The highest BCUT2D eigenvalue weighted by Gasteiger charge is 2.14. The number of hydrogen-bond acceptors (Lipinski definition) is 5. The maximum Gasteiger partial charge on any atom is 0.156 e. The van der Waals surface area contributed by atoms with Crippen molar-refractivity contribution < 1.29 is 5.11 Å². The molecule has 6 heteroatoms. The SMILES string of the molecule is Cc1nc(N[C@@H](C)CO)c2c(n1)c(C)nn2C. The zero-order valence-corrected chi connectivity index (χ0v) is 10.5. The first-order valence-corrected chi connectivity index (χ1v) is 5.58. The molecule has 6 nitrogen and oxygen atoms in total. The zero-order chi connectivity index (χ0) is 12.6. The molecular formula is C11H17N5O. The van der Waals surface area contributed by atoms with Gasteiger partial charge in [-0.1, -0.05) is 0 Å². The van der Waals surface area contributed by atoms with E-state index in [4.69, 9.17) is 5.11 Å². The summed E-state index contributed by atoms with van der Waals surface area (Å²) >= 11 is 0. The molecule has 0 unspecified atom stereocenters. The van der Waals surface area contributed by atoms with Crippen molar-refractivity contribution in [2.45, 2.75) is 26.8 Å². The van der Waals surface area contributed by atoms with Crippen LogP contribution < -0.4 is 5.32 Å². The van der Waals surface area contributed by atoms with Gasteiger partial charge in [0.1, 0.15) is 16.9 Å². The normalized spacial score (nSPS) is 13.0. The topological polar surface area (TPSA) is 75.9 Å². The summed E-state index contributed by atoms with van der Waals surface area (Å²) in [5.41, 5.74) is 2.61. The molecule has 0 saturated carbocycles. The van der Waals surface area contributed by atoms with Crippen LogP contribution in [0.25, 0.3) is 11.0 Å². The van der Waals surface area contributed by atoms with Crippen LogP contribution in [0.15, 0.2) is 0 Å². The monoisotopic (exact) mass is 235 g/mol. The quantitative estimate of drug-likeness (QED) is 0.822. The van der Waals surface area contributed by atoms with Crippen molar-refractivity contribution in [2.75, 3.05) is 11.9 Å². The number of aliphatic hydroxyl groups is 1. The Labute approximate surface area is 99.7 Å². The van der Waals surface area contributed by atoms with Crippen molar-refractivity contribution in [2.24, 2.45) is 7.05 Å². The molecule has 2 aromatic heterocycles. The minimum atomic E-state index is -0.0530. The molecule has 0 radical (unpaired) electrons. The van der Waals surface area contributed by atoms with E-state index in [9.17, 15) is 0 Å². The van der Waals surface area contributed by atoms with Gasteiger partial charge in [-0.05, 0) is 20.8 Å². The van der Waals surface area contributed by atoms with Crippen LogP contribution in [0.1, 0.15) is 18.4 Å². The van der Waals surface area contributed by atoms with E-state index in [-0.39, 0.29) is 12.6 Å². The third-order valence-electron chi connectivity index (χ3n) is 2.62. The number of rotatable bonds is 3. The van der Waals surface area contributed by atoms with Crippen molar-refractivity contribution >= 4 is 16.9 Å². The number of hydrogen-bond donors (Lipinski definition) is 2. The molecule has 0 aliphatic carbocycles. The lowest BCUT2D eigenvalue weighted by Gasteiger charge is -2.13. The summed E-state index contributed by atoms with van der Waals surface area (Å²) in [5.74, 6) is 1.42. The van der Waals surface area contributed by atoms with Crippen LogP contribution in [0, 0.1) is 13.8 Å². The summed E-state index contributed by atoms with van der Waals surface area (Å²) in [7, 11) is 1.86. The second kappa shape index (κ2) is 4.29. The second-order valence-electron chi connectivity index (χ2n) is 4.25. The van der Waals surface area contributed by atoms with Crippen LogP contribution in [0.5, 0.6) is 0 Å². The summed E-state index contributed by atoms with van der Waals surface area (Å²) in [4.78, 5) is 8.76. The Bertz CT molecular complexity index is 548. The molecule has 0 aliphatic heterocycles. The molecule has 0 aromatic carbocycles. The minimum Gasteiger partial charge on any atom is -0.394 e.